The average Bonchev–Trinajstić information content (AvgIpc) is 2.73. The fraction of sp³-hybridized carbons (Fsp3) is 0.500. The summed E-state index contributed by atoms with van der Waals surface area (Å²) in [7, 11) is -3.83. The van der Waals surface area contributed by atoms with E-state index in [1.165, 1.54) is 0 Å². The van der Waals surface area contributed by atoms with Crippen LogP contribution in [0.25, 0.3) is 0 Å². The van der Waals surface area contributed by atoms with Crippen LogP contribution in [0.5, 0.6) is 0 Å². The zero-order valence-corrected chi connectivity index (χ0v) is 12.3. The molecule has 0 spiro atoms. The molecule has 2 rings (SSSR count). The molecular weight excluding hydrogens is 340 g/mol. The summed E-state index contributed by atoms with van der Waals surface area (Å²) >= 11 is 2.92. The maximum atomic E-state index is 12.1. The van der Waals surface area contributed by atoms with E-state index in [0.717, 1.165) is 25.3 Å². The van der Waals surface area contributed by atoms with Gasteiger partial charge in [-0.1, -0.05) is 6.42 Å². The summed E-state index contributed by atoms with van der Waals surface area (Å²) < 4.78 is 29.0. The predicted molar refractivity (Wildman–Crippen MR) is 69.1 cm³/mol. The lowest BCUT2D eigenvalue weighted by Gasteiger charge is -2.26. The molecule has 19 heavy (non-hydrogen) atoms. The molecule has 1 aromatic heterocycles. The number of carboxylic acids is 1. The van der Waals surface area contributed by atoms with Crippen molar-refractivity contribution < 1.29 is 22.7 Å². The number of hydrogen-bond donors (Lipinski definition) is 2. The van der Waals surface area contributed by atoms with Crippen LogP contribution >= 0.6 is 15.9 Å². The molecule has 0 aromatic carbocycles. The number of nitrogens with zero attached hydrogens (tertiary/aromatic N) is 1. The highest BCUT2D eigenvalue weighted by Gasteiger charge is 2.27. The molecule has 7 nitrogen and oxygen atoms in total. The van der Waals surface area contributed by atoms with Gasteiger partial charge in [-0.2, -0.15) is 0 Å². The molecule has 106 valence electrons. The van der Waals surface area contributed by atoms with Gasteiger partial charge in [0.25, 0.3) is 10.0 Å². The molecule has 0 amide bonds. The molecule has 1 fully saturated rings. The second kappa shape index (κ2) is 5.61. The fourth-order valence-electron chi connectivity index (χ4n) is 1.85. The van der Waals surface area contributed by atoms with E-state index in [1.807, 2.05) is 0 Å². The van der Waals surface area contributed by atoms with Crippen molar-refractivity contribution in [1.82, 2.24) is 9.84 Å². The average molecular weight is 353 g/mol. The number of hydrogen-bond acceptors (Lipinski definition) is 5. The number of hydrazine groups is 1. The first-order valence-corrected chi connectivity index (χ1v) is 7.98. The molecule has 0 unspecified atom stereocenters. The number of aromatic carboxylic acids is 1. The summed E-state index contributed by atoms with van der Waals surface area (Å²) in [5.41, 5.74) is 0. The van der Waals surface area contributed by atoms with Crippen molar-refractivity contribution in [3.63, 3.8) is 0 Å². The van der Waals surface area contributed by atoms with Crippen molar-refractivity contribution in [2.24, 2.45) is 0 Å². The minimum atomic E-state index is -3.83. The maximum Gasteiger partial charge on any atom is 0.371 e. The van der Waals surface area contributed by atoms with Crippen LogP contribution in [-0.2, 0) is 10.0 Å². The number of nitrogens with one attached hydrogen (secondary N) is 1. The molecule has 0 aliphatic carbocycles. The van der Waals surface area contributed by atoms with Gasteiger partial charge in [0.2, 0.25) is 5.76 Å². The first-order valence-electron chi connectivity index (χ1n) is 5.70. The summed E-state index contributed by atoms with van der Waals surface area (Å²) in [4.78, 5) is 13.0. The Morgan fingerprint density at radius 1 is 1.37 bits per heavy atom. The SMILES string of the molecule is O=C(O)c1cc(S(=O)(=O)NN2CCCCC2)c(Br)o1. The molecule has 2 N–H and O–H groups in total. The molecule has 1 aliphatic heterocycles. The van der Waals surface area contributed by atoms with Crippen molar-refractivity contribution in [2.75, 3.05) is 13.1 Å². The highest BCUT2D eigenvalue weighted by atomic mass is 79.9. The largest absolute Gasteiger partial charge is 0.475 e. The van der Waals surface area contributed by atoms with Crippen LogP contribution in [-0.4, -0.2) is 37.6 Å². The van der Waals surface area contributed by atoms with Crippen LogP contribution in [0.2, 0.25) is 0 Å². The van der Waals surface area contributed by atoms with Gasteiger partial charge in [-0.15, -0.1) is 4.83 Å². The van der Waals surface area contributed by atoms with E-state index in [4.69, 9.17) is 9.52 Å². The van der Waals surface area contributed by atoms with Gasteiger partial charge in [-0.25, -0.2) is 18.2 Å². The van der Waals surface area contributed by atoms with E-state index in [9.17, 15) is 13.2 Å². The second-order valence-corrected chi connectivity index (χ2v) is 6.55. The number of carboxylic acid groups (broad SMARTS) is 1. The van der Waals surface area contributed by atoms with E-state index in [2.05, 4.69) is 20.8 Å². The molecule has 0 atom stereocenters. The van der Waals surface area contributed by atoms with E-state index in [1.54, 1.807) is 5.01 Å². The Morgan fingerprint density at radius 3 is 2.53 bits per heavy atom. The van der Waals surface area contributed by atoms with Gasteiger partial charge in [0.05, 0.1) is 0 Å². The Kier molecular flexibility index (Phi) is 4.29. The Bertz CT molecular complexity index is 577. The number of sulfonamides is 1. The molecule has 2 heterocycles. The highest BCUT2D eigenvalue weighted by Crippen LogP contribution is 2.26. The Morgan fingerprint density at radius 2 is 2.00 bits per heavy atom. The van der Waals surface area contributed by atoms with Gasteiger partial charge in [-0.3, -0.25) is 0 Å². The van der Waals surface area contributed by atoms with Crippen LogP contribution < -0.4 is 4.83 Å². The normalized spacial score (nSPS) is 17.5. The minimum absolute atomic E-state index is 0.116. The van der Waals surface area contributed by atoms with E-state index < -0.39 is 21.8 Å². The highest BCUT2D eigenvalue weighted by molar-refractivity contribution is 9.10. The second-order valence-electron chi connectivity index (χ2n) is 4.20. The number of rotatable bonds is 4. The predicted octanol–water partition coefficient (Wildman–Crippen LogP) is 1.42. The molecular formula is C10H13BrN2O5S. The van der Waals surface area contributed by atoms with Gasteiger partial charge in [0.15, 0.2) is 4.67 Å². The quantitative estimate of drug-likeness (QED) is 0.849. The number of piperidine rings is 1. The third-order valence-electron chi connectivity index (χ3n) is 2.76. The Hall–Kier alpha value is -0.900. The van der Waals surface area contributed by atoms with Gasteiger partial charge in [0, 0.05) is 19.2 Å². The van der Waals surface area contributed by atoms with Gasteiger partial charge >= 0.3 is 5.97 Å². The van der Waals surface area contributed by atoms with Crippen molar-refractivity contribution in [2.45, 2.75) is 24.2 Å². The number of halogens is 1. The number of furan rings is 1. The lowest BCUT2D eigenvalue weighted by atomic mass is 10.2. The van der Waals surface area contributed by atoms with Crippen molar-refractivity contribution in [3.8, 4) is 0 Å². The molecule has 9 heteroatoms. The van der Waals surface area contributed by atoms with Crippen LogP contribution in [0.3, 0.4) is 0 Å². The molecule has 1 aliphatic rings. The summed E-state index contributed by atoms with van der Waals surface area (Å²) in [5, 5.41) is 10.4. The van der Waals surface area contributed by atoms with Crippen molar-refractivity contribution in [1.29, 1.82) is 0 Å². The zero-order chi connectivity index (χ0) is 14.0. The maximum absolute atomic E-state index is 12.1. The zero-order valence-electron chi connectivity index (χ0n) is 9.93. The lowest BCUT2D eigenvalue weighted by molar-refractivity contribution is 0.0661. The van der Waals surface area contributed by atoms with Gasteiger partial charge in [-0.05, 0) is 28.8 Å². The third kappa shape index (κ3) is 3.35. The molecule has 0 radical (unpaired) electrons. The Labute approximate surface area is 118 Å². The van der Waals surface area contributed by atoms with Gasteiger partial charge < -0.3 is 9.52 Å². The van der Waals surface area contributed by atoms with E-state index in [-0.39, 0.29) is 9.56 Å². The van der Waals surface area contributed by atoms with Gasteiger partial charge in [0.1, 0.15) is 4.90 Å². The van der Waals surface area contributed by atoms with Crippen LogP contribution in [0, 0.1) is 0 Å². The first-order chi connectivity index (χ1) is 8.90. The van der Waals surface area contributed by atoms with Crippen molar-refractivity contribution >= 4 is 31.9 Å². The van der Waals surface area contributed by atoms with E-state index in [0.29, 0.717) is 13.1 Å². The molecule has 1 aromatic rings. The van der Waals surface area contributed by atoms with Crippen LogP contribution in [0.15, 0.2) is 20.0 Å². The fourth-order valence-corrected chi connectivity index (χ4v) is 3.91. The topological polar surface area (TPSA) is 99.8 Å². The standard InChI is InChI=1S/C10H13BrN2O5S/c11-9-8(6-7(18-9)10(14)15)19(16,17)12-13-4-2-1-3-5-13/h6,12H,1-5H2,(H,14,15). The monoisotopic (exact) mass is 352 g/mol. The molecule has 0 saturated carbocycles. The summed E-state index contributed by atoms with van der Waals surface area (Å²) in [6.07, 6.45) is 2.93. The smallest absolute Gasteiger partial charge is 0.371 e. The first kappa shape index (κ1) is 14.5. The third-order valence-corrected chi connectivity index (χ3v) is 4.99. The lowest BCUT2D eigenvalue weighted by Crippen LogP contribution is -2.44. The van der Waals surface area contributed by atoms with Crippen LogP contribution in [0.4, 0.5) is 0 Å². The van der Waals surface area contributed by atoms with Crippen molar-refractivity contribution in [3.05, 3.63) is 16.5 Å². The summed E-state index contributed by atoms with van der Waals surface area (Å²) in [6, 6.07) is 0.985. The molecule has 0 bridgehead atoms. The summed E-state index contributed by atoms with van der Waals surface area (Å²) in [6.45, 7) is 1.28. The number of carbonyl (C=O) groups is 1. The van der Waals surface area contributed by atoms with Crippen LogP contribution in [0.1, 0.15) is 29.8 Å². The summed E-state index contributed by atoms with van der Waals surface area (Å²) in [5.74, 6) is -1.74. The minimum Gasteiger partial charge on any atom is -0.475 e. The van der Waals surface area contributed by atoms with E-state index >= 15 is 0 Å². The molecule has 1 saturated heterocycles. The Balaban J connectivity index is 2.21.